The van der Waals surface area contributed by atoms with E-state index in [1.54, 1.807) is 11.6 Å². The molecule has 0 bridgehead atoms. The summed E-state index contributed by atoms with van der Waals surface area (Å²) in [6.07, 6.45) is 0.418. The Labute approximate surface area is 162 Å². The predicted octanol–water partition coefficient (Wildman–Crippen LogP) is 3.11. The molecule has 0 spiro atoms. The lowest BCUT2D eigenvalue weighted by Gasteiger charge is -2.19. The van der Waals surface area contributed by atoms with Gasteiger partial charge in [0.05, 0.1) is 17.7 Å². The van der Waals surface area contributed by atoms with E-state index in [0.29, 0.717) is 18.5 Å². The first-order valence-electron chi connectivity index (χ1n) is 8.68. The number of nitrogens with zero attached hydrogens (tertiary/aromatic N) is 1. The number of aromatic nitrogens is 1. The van der Waals surface area contributed by atoms with Crippen LogP contribution in [0.3, 0.4) is 0 Å². The number of nitrogens with one attached hydrogen (secondary N) is 2. The molecule has 5 nitrogen and oxygen atoms in total. The third-order valence-electron chi connectivity index (χ3n) is 4.11. The summed E-state index contributed by atoms with van der Waals surface area (Å²) in [5.74, 6) is -0.490. The van der Waals surface area contributed by atoms with Crippen molar-refractivity contribution in [2.75, 3.05) is 0 Å². The molecule has 27 heavy (non-hydrogen) atoms. The summed E-state index contributed by atoms with van der Waals surface area (Å²) in [6.45, 7) is 2.27. The molecule has 0 aliphatic carbocycles. The van der Waals surface area contributed by atoms with E-state index in [4.69, 9.17) is 0 Å². The van der Waals surface area contributed by atoms with Crippen LogP contribution in [-0.2, 0) is 17.8 Å². The van der Waals surface area contributed by atoms with Crippen LogP contribution in [0.5, 0.6) is 0 Å². The smallest absolute Gasteiger partial charge is 0.251 e. The number of hydrogen-bond donors (Lipinski definition) is 2. The molecule has 138 valence electrons. The molecular weight excluding hydrogens is 358 g/mol. The number of amides is 2. The molecule has 2 amide bonds. The molecule has 0 aliphatic rings. The van der Waals surface area contributed by atoms with Crippen LogP contribution in [0.2, 0.25) is 0 Å². The second kappa shape index (κ2) is 9.09. The molecular formula is C21H21N3O2S. The minimum Gasteiger partial charge on any atom is -0.349 e. The van der Waals surface area contributed by atoms with Crippen LogP contribution in [0.15, 0.2) is 65.5 Å². The summed E-state index contributed by atoms with van der Waals surface area (Å²) in [4.78, 5) is 29.5. The average molecular weight is 379 g/mol. The second-order valence-electron chi connectivity index (χ2n) is 6.28. The highest BCUT2D eigenvalue weighted by atomic mass is 32.1. The maximum atomic E-state index is 12.7. The lowest BCUT2D eigenvalue weighted by Crippen LogP contribution is -2.47. The minimum atomic E-state index is -0.668. The lowest BCUT2D eigenvalue weighted by molar-refractivity contribution is -0.123. The summed E-state index contributed by atoms with van der Waals surface area (Å²) < 4.78 is 0. The molecule has 1 heterocycles. The van der Waals surface area contributed by atoms with Gasteiger partial charge in [-0.05, 0) is 24.6 Å². The van der Waals surface area contributed by atoms with E-state index in [2.05, 4.69) is 15.6 Å². The second-order valence-corrected chi connectivity index (χ2v) is 7.00. The van der Waals surface area contributed by atoms with E-state index in [1.807, 2.05) is 60.8 Å². The topological polar surface area (TPSA) is 71.1 Å². The van der Waals surface area contributed by atoms with E-state index in [-0.39, 0.29) is 11.8 Å². The highest BCUT2D eigenvalue weighted by Gasteiger charge is 2.22. The Kier molecular flexibility index (Phi) is 6.33. The molecule has 3 rings (SSSR count). The fourth-order valence-electron chi connectivity index (χ4n) is 2.71. The van der Waals surface area contributed by atoms with Gasteiger partial charge in [0.2, 0.25) is 5.91 Å². The van der Waals surface area contributed by atoms with Gasteiger partial charge in [0.1, 0.15) is 6.04 Å². The van der Waals surface area contributed by atoms with Gasteiger partial charge in [0.25, 0.3) is 5.91 Å². The summed E-state index contributed by atoms with van der Waals surface area (Å²) in [5.41, 5.74) is 5.05. The molecule has 1 atom stereocenters. The number of aryl methyl sites for hydroxylation is 1. The molecule has 1 unspecified atom stereocenters. The zero-order valence-corrected chi connectivity index (χ0v) is 15.8. The van der Waals surface area contributed by atoms with Crippen molar-refractivity contribution < 1.29 is 9.59 Å². The van der Waals surface area contributed by atoms with E-state index < -0.39 is 6.04 Å². The maximum absolute atomic E-state index is 12.7. The standard InChI is InChI=1S/C21H21N3O2S/c1-15-6-5-9-17(10-15)20(25)24-19(11-16-7-3-2-4-8-16)21(26)22-12-18-13-27-14-23-18/h2-10,13-14,19H,11-12H2,1H3,(H,22,26)(H,24,25). The Morgan fingerprint density at radius 1 is 1.11 bits per heavy atom. The van der Waals surface area contributed by atoms with Crippen LogP contribution < -0.4 is 10.6 Å². The predicted molar refractivity (Wildman–Crippen MR) is 107 cm³/mol. The van der Waals surface area contributed by atoms with Crippen LogP contribution in [0.1, 0.15) is 27.2 Å². The molecule has 3 aromatic rings. The zero-order chi connectivity index (χ0) is 19.1. The molecule has 0 saturated heterocycles. The van der Waals surface area contributed by atoms with E-state index in [9.17, 15) is 9.59 Å². The van der Waals surface area contributed by atoms with E-state index in [1.165, 1.54) is 11.3 Å². The largest absolute Gasteiger partial charge is 0.349 e. The van der Waals surface area contributed by atoms with Crippen LogP contribution in [0, 0.1) is 6.92 Å². The number of carbonyl (C=O) groups is 2. The van der Waals surface area contributed by atoms with Gasteiger partial charge in [0.15, 0.2) is 0 Å². The summed E-state index contributed by atoms with van der Waals surface area (Å²) >= 11 is 1.48. The molecule has 0 saturated carbocycles. The van der Waals surface area contributed by atoms with Crippen molar-refractivity contribution in [3.63, 3.8) is 0 Å². The molecule has 0 aliphatic heterocycles. The summed E-state index contributed by atoms with van der Waals surface area (Å²) in [5, 5.41) is 7.62. The van der Waals surface area contributed by atoms with Crippen LogP contribution in [-0.4, -0.2) is 22.8 Å². The van der Waals surface area contributed by atoms with Crippen molar-refractivity contribution in [3.8, 4) is 0 Å². The molecule has 2 aromatic carbocycles. The number of rotatable bonds is 7. The fourth-order valence-corrected chi connectivity index (χ4v) is 3.27. The first-order chi connectivity index (χ1) is 13.1. The first kappa shape index (κ1) is 18.8. The molecule has 0 fully saturated rings. The Bertz CT molecular complexity index is 895. The zero-order valence-electron chi connectivity index (χ0n) is 15.0. The van der Waals surface area contributed by atoms with Gasteiger partial charge in [-0.1, -0.05) is 48.0 Å². The normalized spacial score (nSPS) is 11.6. The third kappa shape index (κ3) is 5.49. The van der Waals surface area contributed by atoms with Gasteiger partial charge in [-0.3, -0.25) is 9.59 Å². The number of benzene rings is 2. The van der Waals surface area contributed by atoms with E-state index in [0.717, 1.165) is 16.8 Å². The molecule has 0 radical (unpaired) electrons. The fraction of sp³-hybridized carbons (Fsp3) is 0.190. The third-order valence-corrected chi connectivity index (χ3v) is 4.75. The van der Waals surface area contributed by atoms with Gasteiger partial charge < -0.3 is 10.6 Å². The maximum Gasteiger partial charge on any atom is 0.251 e. The SMILES string of the molecule is Cc1cccc(C(=O)NC(Cc2ccccc2)C(=O)NCc2cscn2)c1. The highest BCUT2D eigenvalue weighted by molar-refractivity contribution is 7.07. The van der Waals surface area contributed by atoms with Gasteiger partial charge in [-0.15, -0.1) is 11.3 Å². The number of carbonyl (C=O) groups excluding carboxylic acids is 2. The molecule has 2 N–H and O–H groups in total. The van der Waals surface area contributed by atoms with Crippen molar-refractivity contribution in [1.82, 2.24) is 15.6 Å². The Hall–Kier alpha value is -2.99. The quantitative estimate of drug-likeness (QED) is 0.663. The molecule has 6 heteroatoms. The van der Waals surface area contributed by atoms with Gasteiger partial charge in [0, 0.05) is 17.4 Å². The van der Waals surface area contributed by atoms with Crippen molar-refractivity contribution >= 4 is 23.2 Å². The van der Waals surface area contributed by atoms with Gasteiger partial charge in [-0.25, -0.2) is 4.98 Å². The Morgan fingerprint density at radius 3 is 2.63 bits per heavy atom. The Balaban J connectivity index is 1.72. The van der Waals surface area contributed by atoms with Crippen molar-refractivity contribution in [2.24, 2.45) is 0 Å². The Morgan fingerprint density at radius 2 is 1.93 bits per heavy atom. The van der Waals surface area contributed by atoms with Crippen molar-refractivity contribution in [3.05, 3.63) is 87.9 Å². The minimum absolute atomic E-state index is 0.229. The molecule has 1 aromatic heterocycles. The van der Waals surface area contributed by atoms with Crippen LogP contribution >= 0.6 is 11.3 Å². The van der Waals surface area contributed by atoms with Crippen molar-refractivity contribution in [1.29, 1.82) is 0 Å². The summed E-state index contributed by atoms with van der Waals surface area (Å²) in [7, 11) is 0. The number of thiazole rings is 1. The average Bonchev–Trinajstić information content (AvgIpc) is 3.20. The lowest BCUT2D eigenvalue weighted by atomic mass is 10.0. The van der Waals surface area contributed by atoms with Crippen LogP contribution in [0.25, 0.3) is 0 Å². The van der Waals surface area contributed by atoms with Crippen molar-refractivity contribution in [2.45, 2.75) is 25.9 Å². The van der Waals surface area contributed by atoms with Gasteiger partial charge in [-0.2, -0.15) is 0 Å². The summed E-state index contributed by atoms with van der Waals surface area (Å²) in [6, 6.07) is 16.3. The van der Waals surface area contributed by atoms with E-state index >= 15 is 0 Å². The first-order valence-corrected chi connectivity index (χ1v) is 9.62. The highest BCUT2D eigenvalue weighted by Crippen LogP contribution is 2.08. The monoisotopic (exact) mass is 379 g/mol. The van der Waals surface area contributed by atoms with Gasteiger partial charge >= 0.3 is 0 Å². The number of hydrogen-bond acceptors (Lipinski definition) is 4. The van der Waals surface area contributed by atoms with Crippen LogP contribution in [0.4, 0.5) is 0 Å².